The van der Waals surface area contributed by atoms with Gasteiger partial charge in [0.2, 0.25) is 0 Å². The topological polar surface area (TPSA) is 15.3 Å². The van der Waals surface area contributed by atoms with Crippen molar-refractivity contribution in [3.8, 4) is 0 Å². The van der Waals surface area contributed by atoms with Gasteiger partial charge in [0, 0.05) is 37.8 Å². The highest BCUT2D eigenvalue weighted by atomic mass is 19.4. The summed E-state index contributed by atoms with van der Waals surface area (Å²) in [6.07, 6.45) is -1.05. The number of nitrogens with zero attached hydrogens (tertiary/aromatic N) is 1. The molecule has 23 heavy (non-hydrogen) atoms. The minimum atomic E-state index is -4.66. The summed E-state index contributed by atoms with van der Waals surface area (Å²) in [6.45, 7) is 5.10. The van der Waals surface area contributed by atoms with Gasteiger partial charge in [-0.05, 0) is 12.5 Å². The highest BCUT2D eigenvalue weighted by Crippen LogP contribution is 2.36. The van der Waals surface area contributed by atoms with E-state index in [-0.39, 0.29) is 11.6 Å². The number of halogens is 4. The number of unbranched alkanes of at least 4 members (excludes halogenated alkanes) is 2. The lowest BCUT2D eigenvalue weighted by Crippen LogP contribution is -2.45. The van der Waals surface area contributed by atoms with Crippen molar-refractivity contribution in [2.45, 2.75) is 44.8 Å². The molecule has 0 unspecified atom stereocenters. The predicted octanol–water partition coefficient (Wildman–Crippen LogP) is 4.37. The van der Waals surface area contributed by atoms with Crippen molar-refractivity contribution < 1.29 is 17.6 Å². The molecule has 1 heterocycles. The SMILES string of the molecule is CCCCC[C@H](c1cccc(C(F)(F)F)c1F)N1CCNCC1. The maximum absolute atomic E-state index is 14.5. The molecule has 130 valence electrons. The third kappa shape index (κ3) is 4.67. The van der Waals surface area contributed by atoms with Crippen LogP contribution in [0.15, 0.2) is 18.2 Å². The first-order valence-electron chi connectivity index (χ1n) is 8.25. The van der Waals surface area contributed by atoms with Gasteiger partial charge in [0.15, 0.2) is 0 Å². The number of hydrogen-bond donors (Lipinski definition) is 1. The van der Waals surface area contributed by atoms with E-state index in [2.05, 4.69) is 17.1 Å². The lowest BCUT2D eigenvalue weighted by atomic mass is 9.95. The molecule has 0 bridgehead atoms. The van der Waals surface area contributed by atoms with Gasteiger partial charge in [0.25, 0.3) is 0 Å². The Bertz CT molecular complexity index is 496. The molecule has 2 rings (SSSR count). The molecule has 1 aromatic rings. The summed E-state index contributed by atoms with van der Waals surface area (Å²) in [4.78, 5) is 2.10. The first-order chi connectivity index (χ1) is 10.9. The lowest BCUT2D eigenvalue weighted by Gasteiger charge is -2.35. The van der Waals surface area contributed by atoms with Crippen molar-refractivity contribution in [3.63, 3.8) is 0 Å². The van der Waals surface area contributed by atoms with Crippen LogP contribution in [0, 0.1) is 5.82 Å². The number of piperazine rings is 1. The summed E-state index contributed by atoms with van der Waals surface area (Å²) in [5, 5.41) is 3.22. The largest absolute Gasteiger partial charge is 0.419 e. The summed E-state index contributed by atoms with van der Waals surface area (Å²) in [6, 6.07) is 3.35. The van der Waals surface area contributed by atoms with E-state index < -0.39 is 17.6 Å². The lowest BCUT2D eigenvalue weighted by molar-refractivity contribution is -0.140. The Morgan fingerprint density at radius 3 is 2.48 bits per heavy atom. The molecule has 0 aromatic heterocycles. The zero-order chi connectivity index (χ0) is 16.9. The van der Waals surface area contributed by atoms with Crippen molar-refractivity contribution in [3.05, 3.63) is 35.1 Å². The molecule has 0 radical (unpaired) electrons. The molecule has 1 aliphatic rings. The van der Waals surface area contributed by atoms with E-state index in [0.717, 1.165) is 51.5 Å². The van der Waals surface area contributed by atoms with Gasteiger partial charge >= 0.3 is 6.18 Å². The summed E-state index contributed by atoms with van der Waals surface area (Å²) in [5.74, 6) is -1.11. The summed E-state index contributed by atoms with van der Waals surface area (Å²) in [5.41, 5.74) is -0.983. The van der Waals surface area contributed by atoms with Crippen LogP contribution in [0.1, 0.15) is 49.8 Å². The molecule has 0 saturated carbocycles. The smallest absolute Gasteiger partial charge is 0.314 e. The minimum absolute atomic E-state index is 0.179. The van der Waals surface area contributed by atoms with Crippen LogP contribution in [0.3, 0.4) is 0 Å². The second kappa shape index (κ2) is 8.11. The van der Waals surface area contributed by atoms with E-state index in [1.165, 1.54) is 12.1 Å². The van der Waals surface area contributed by atoms with Crippen LogP contribution in [0.4, 0.5) is 17.6 Å². The minimum Gasteiger partial charge on any atom is -0.314 e. The Morgan fingerprint density at radius 2 is 1.87 bits per heavy atom. The summed E-state index contributed by atoms with van der Waals surface area (Å²) >= 11 is 0. The molecule has 1 saturated heterocycles. The molecular formula is C17H24F4N2. The monoisotopic (exact) mass is 332 g/mol. The summed E-state index contributed by atoms with van der Waals surface area (Å²) in [7, 11) is 0. The first-order valence-corrected chi connectivity index (χ1v) is 8.25. The molecule has 1 aromatic carbocycles. The fraction of sp³-hybridized carbons (Fsp3) is 0.647. The van der Waals surface area contributed by atoms with Crippen molar-refractivity contribution in [1.29, 1.82) is 0 Å². The Balaban J connectivity index is 2.30. The normalized spacial score (nSPS) is 18.1. The average molecular weight is 332 g/mol. The molecule has 1 aliphatic heterocycles. The quantitative estimate of drug-likeness (QED) is 0.615. The zero-order valence-electron chi connectivity index (χ0n) is 13.4. The van der Waals surface area contributed by atoms with E-state index in [9.17, 15) is 17.6 Å². The molecule has 1 atom stereocenters. The van der Waals surface area contributed by atoms with E-state index in [4.69, 9.17) is 0 Å². The third-order valence-electron chi connectivity index (χ3n) is 4.37. The number of benzene rings is 1. The molecule has 6 heteroatoms. The van der Waals surface area contributed by atoms with Crippen molar-refractivity contribution in [1.82, 2.24) is 10.2 Å². The van der Waals surface area contributed by atoms with Crippen molar-refractivity contribution in [2.75, 3.05) is 26.2 Å². The van der Waals surface area contributed by atoms with E-state index in [1.54, 1.807) is 0 Å². The summed E-state index contributed by atoms with van der Waals surface area (Å²) < 4.78 is 53.5. The van der Waals surface area contributed by atoms with Gasteiger partial charge < -0.3 is 5.32 Å². The molecule has 0 aliphatic carbocycles. The number of nitrogens with one attached hydrogen (secondary N) is 1. The molecular weight excluding hydrogens is 308 g/mol. The predicted molar refractivity (Wildman–Crippen MR) is 82.7 cm³/mol. The van der Waals surface area contributed by atoms with Gasteiger partial charge in [-0.15, -0.1) is 0 Å². The van der Waals surface area contributed by atoms with Crippen LogP contribution in [0.5, 0.6) is 0 Å². The van der Waals surface area contributed by atoms with Crippen LogP contribution in [-0.2, 0) is 6.18 Å². The van der Waals surface area contributed by atoms with Gasteiger partial charge in [-0.2, -0.15) is 13.2 Å². The van der Waals surface area contributed by atoms with Gasteiger partial charge in [-0.1, -0.05) is 38.3 Å². The Morgan fingerprint density at radius 1 is 1.17 bits per heavy atom. The van der Waals surface area contributed by atoms with Crippen LogP contribution in [-0.4, -0.2) is 31.1 Å². The molecule has 2 nitrogen and oxygen atoms in total. The Kier molecular flexibility index (Phi) is 6.41. The van der Waals surface area contributed by atoms with Crippen LogP contribution in [0.25, 0.3) is 0 Å². The highest BCUT2D eigenvalue weighted by molar-refractivity contribution is 5.30. The van der Waals surface area contributed by atoms with Crippen molar-refractivity contribution in [2.24, 2.45) is 0 Å². The van der Waals surface area contributed by atoms with Gasteiger partial charge in [0.1, 0.15) is 5.82 Å². The van der Waals surface area contributed by atoms with E-state index >= 15 is 0 Å². The van der Waals surface area contributed by atoms with Gasteiger partial charge in [-0.25, -0.2) is 4.39 Å². The highest BCUT2D eigenvalue weighted by Gasteiger charge is 2.36. The van der Waals surface area contributed by atoms with Crippen LogP contribution in [0.2, 0.25) is 0 Å². The Hall–Kier alpha value is -1.14. The number of hydrogen-bond acceptors (Lipinski definition) is 2. The fourth-order valence-electron chi connectivity index (χ4n) is 3.14. The molecule has 0 spiro atoms. The second-order valence-electron chi connectivity index (χ2n) is 6.00. The van der Waals surface area contributed by atoms with Crippen LogP contribution >= 0.6 is 0 Å². The third-order valence-corrected chi connectivity index (χ3v) is 4.37. The average Bonchev–Trinajstić information content (AvgIpc) is 2.52. The Labute approximate surface area is 134 Å². The van der Waals surface area contributed by atoms with Gasteiger partial charge in [0.05, 0.1) is 5.56 Å². The number of alkyl halides is 3. The second-order valence-corrected chi connectivity index (χ2v) is 6.00. The van der Waals surface area contributed by atoms with E-state index in [1.807, 2.05) is 0 Å². The standard InChI is InChI=1S/C17H24F4N2/c1-2-3-4-8-15(23-11-9-22-10-12-23)13-6-5-7-14(16(13)18)17(19,20)21/h5-7,15,22H,2-4,8-12H2,1H3/t15-/m1/s1. The maximum atomic E-state index is 14.5. The molecule has 1 N–H and O–H groups in total. The van der Waals surface area contributed by atoms with Crippen molar-refractivity contribution >= 4 is 0 Å². The zero-order valence-corrected chi connectivity index (χ0v) is 13.4. The van der Waals surface area contributed by atoms with Gasteiger partial charge in [-0.3, -0.25) is 4.90 Å². The first kappa shape index (κ1) is 18.2. The van der Waals surface area contributed by atoms with E-state index in [0.29, 0.717) is 6.42 Å². The maximum Gasteiger partial charge on any atom is 0.419 e. The van der Waals surface area contributed by atoms with Crippen LogP contribution < -0.4 is 5.32 Å². The number of rotatable bonds is 6. The fourth-order valence-corrected chi connectivity index (χ4v) is 3.14. The molecule has 1 fully saturated rings. The molecule has 0 amide bonds.